The largest absolute Gasteiger partial charge is 0.352 e. The minimum Gasteiger partial charge on any atom is -0.352 e. The number of nitrogens with zero attached hydrogens (tertiary/aromatic N) is 2. The van der Waals surface area contributed by atoms with Gasteiger partial charge in [-0.05, 0) is 57.5 Å². The van der Waals surface area contributed by atoms with Gasteiger partial charge in [-0.3, -0.25) is 4.79 Å². The first-order valence-corrected chi connectivity index (χ1v) is 12.8. The molecule has 0 aromatic heterocycles. The van der Waals surface area contributed by atoms with Gasteiger partial charge in [0.1, 0.15) is 0 Å². The monoisotopic (exact) mass is 445 g/mol. The van der Waals surface area contributed by atoms with Crippen molar-refractivity contribution in [3.8, 4) is 0 Å². The first-order chi connectivity index (χ1) is 13.4. The number of carbonyl (C=O) groups is 1. The quantitative estimate of drug-likeness (QED) is 0.698. The third-order valence-electron chi connectivity index (χ3n) is 5.40. The van der Waals surface area contributed by atoms with Gasteiger partial charge in [-0.15, -0.1) is 0 Å². The van der Waals surface area contributed by atoms with Crippen LogP contribution in [0.3, 0.4) is 0 Å². The van der Waals surface area contributed by atoms with Crippen LogP contribution in [0.5, 0.6) is 0 Å². The van der Waals surface area contributed by atoms with Crippen molar-refractivity contribution >= 4 is 39.3 Å². The molecule has 1 aromatic rings. The zero-order valence-corrected chi connectivity index (χ0v) is 18.6. The molecule has 9 heteroatoms. The number of hydrogen-bond acceptors (Lipinski definition) is 5. The first kappa shape index (κ1) is 21.9. The lowest BCUT2D eigenvalue weighted by Gasteiger charge is -2.26. The van der Waals surface area contributed by atoms with Crippen molar-refractivity contribution < 1.29 is 13.2 Å². The molecule has 1 N–H and O–H groups in total. The lowest BCUT2D eigenvalue weighted by atomic mass is 10.2. The molecule has 0 bridgehead atoms. The second-order valence-corrected chi connectivity index (χ2v) is 10.9. The Morgan fingerprint density at radius 2 is 1.89 bits per heavy atom. The summed E-state index contributed by atoms with van der Waals surface area (Å²) in [5, 5.41) is 3.15. The molecule has 1 aromatic carbocycles. The maximum absolute atomic E-state index is 12.9. The van der Waals surface area contributed by atoms with Crippen LogP contribution in [0, 0.1) is 0 Å². The molecular formula is C19H28ClN3O3S2. The maximum atomic E-state index is 12.9. The average molecular weight is 446 g/mol. The van der Waals surface area contributed by atoms with E-state index in [0.29, 0.717) is 25.7 Å². The smallest absolute Gasteiger partial charge is 0.252 e. The second kappa shape index (κ2) is 9.80. The molecule has 1 amide bonds. The van der Waals surface area contributed by atoms with E-state index in [2.05, 4.69) is 17.1 Å². The lowest BCUT2D eigenvalue weighted by Crippen LogP contribution is -2.38. The predicted molar refractivity (Wildman–Crippen MR) is 115 cm³/mol. The molecular weight excluding hydrogens is 418 g/mol. The average Bonchev–Trinajstić information content (AvgIpc) is 3.23. The zero-order chi connectivity index (χ0) is 20.1. The van der Waals surface area contributed by atoms with Crippen LogP contribution in [0.4, 0.5) is 0 Å². The highest BCUT2D eigenvalue weighted by molar-refractivity contribution is 7.99. The Kier molecular flexibility index (Phi) is 7.67. The number of nitrogens with one attached hydrogen (secondary N) is 1. The summed E-state index contributed by atoms with van der Waals surface area (Å²) in [7, 11) is -3.61. The van der Waals surface area contributed by atoms with E-state index in [1.54, 1.807) is 11.8 Å². The van der Waals surface area contributed by atoms with Crippen LogP contribution in [0.2, 0.25) is 5.02 Å². The Balaban J connectivity index is 1.64. The Morgan fingerprint density at radius 1 is 1.21 bits per heavy atom. The summed E-state index contributed by atoms with van der Waals surface area (Å²) < 4.78 is 27.2. The van der Waals surface area contributed by atoms with Gasteiger partial charge in [0.05, 0.1) is 15.5 Å². The summed E-state index contributed by atoms with van der Waals surface area (Å²) in [6.07, 6.45) is 3.33. The highest BCUT2D eigenvalue weighted by atomic mass is 35.5. The number of halogens is 1. The molecule has 2 saturated heterocycles. The topological polar surface area (TPSA) is 69.7 Å². The number of amides is 1. The van der Waals surface area contributed by atoms with E-state index >= 15 is 0 Å². The molecule has 28 heavy (non-hydrogen) atoms. The van der Waals surface area contributed by atoms with Crippen LogP contribution in [0.1, 0.15) is 36.5 Å². The fourth-order valence-corrected chi connectivity index (χ4v) is 6.44. The molecule has 3 rings (SSSR count). The van der Waals surface area contributed by atoms with Crippen molar-refractivity contribution in [1.82, 2.24) is 14.5 Å². The molecule has 6 nitrogen and oxygen atoms in total. The Labute approximate surface area is 177 Å². The zero-order valence-electron chi connectivity index (χ0n) is 16.2. The van der Waals surface area contributed by atoms with E-state index in [-0.39, 0.29) is 21.4 Å². The van der Waals surface area contributed by atoms with Crippen LogP contribution in [-0.2, 0) is 10.0 Å². The fourth-order valence-electron chi connectivity index (χ4n) is 3.63. The van der Waals surface area contributed by atoms with E-state index in [1.807, 2.05) is 0 Å². The summed E-state index contributed by atoms with van der Waals surface area (Å²) in [5.74, 6) is 1.25. The normalized spacial score (nSPS) is 20.2. The van der Waals surface area contributed by atoms with Gasteiger partial charge in [0.15, 0.2) is 0 Å². The van der Waals surface area contributed by atoms with Crippen molar-refractivity contribution in [3.63, 3.8) is 0 Å². The number of benzene rings is 1. The number of likely N-dealkylation sites (tertiary alicyclic amines) is 1. The van der Waals surface area contributed by atoms with Crippen LogP contribution in [0.25, 0.3) is 0 Å². The maximum Gasteiger partial charge on any atom is 0.252 e. The van der Waals surface area contributed by atoms with Crippen molar-refractivity contribution in [3.05, 3.63) is 28.8 Å². The Morgan fingerprint density at radius 3 is 2.57 bits per heavy atom. The first-order valence-electron chi connectivity index (χ1n) is 9.79. The molecule has 0 aliphatic carbocycles. The van der Waals surface area contributed by atoms with Crippen molar-refractivity contribution in [2.24, 2.45) is 0 Å². The third-order valence-corrected chi connectivity index (χ3v) is 8.57. The Hall–Kier alpha value is -0.800. The van der Waals surface area contributed by atoms with Gasteiger partial charge in [0.25, 0.3) is 5.91 Å². The van der Waals surface area contributed by atoms with Gasteiger partial charge in [-0.2, -0.15) is 16.1 Å². The highest BCUT2D eigenvalue weighted by Crippen LogP contribution is 2.25. The number of hydrogen-bond donors (Lipinski definition) is 1. The lowest BCUT2D eigenvalue weighted by molar-refractivity contribution is 0.0949. The van der Waals surface area contributed by atoms with Gasteiger partial charge in [0, 0.05) is 37.2 Å². The highest BCUT2D eigenvalue weighted by Gasteiger charge is 2.27. The molecule has 2 fully saturated rings. The standard InChI is InChI=1S/C19H28ClN3O3S2/c1-15(22-8-2-3-9-22)6-7-21-19(24)17-14-16(4-5-18(17)20)28(25,26)23-10-12-27-13-11-23/h4-5,14-15H,2-3,6-13H2,1H3,(H,21,24). The van der Waals surface area contributed by atoms with E-state index in [9.17, 15) is 13.2 Å². The number of sulfonamides is 1. The van der Waals surface area contributed by atoms with Gasteiger partial charge in [-0.1, -0.05) is 11.6 Å². The van der Waals surface area contributed by atoms with E-state index < -0.39 is 10.0 Å². The SMILES string of the molecule is CC(CCNC(=O)c1cc(S(=O)(=O)N2CCSCC2)ccc1Cl)N1CCCC1. The van der Waals surface area contributed by atoms with Crippen LogP contribution in [-0.4, -0.2) is 73.8 Å². The minimum absolute atomic E-state index is 0.124. The molecule has 1 atom stereocenters. The fraction of sp³-hybridized carbons (Fsp3) is 0.632. The van der Waals surface area contributed by atoms with Crippen molar-refractivity contribution in [2.45, 2.75) is 37.1 Å². The number of carbonyl (C=O) groups excluding carboxylic acids is 1. The minimum atomic E-state index is -3.61. The van der Waals surface area contributed by atoms with Gasteiger partial charge in [0.2, 0.25) is 10.0 Å². The molecule has 1 unspecified atom stereocenters. The van der Waals surface area contributed by atoms with Crippen LogP contribution < -0.4 is 5.32 Å². The number of rotatable bonds is 7. The molecule has 2 aliphatic heterocycles. The Bertz CT molecular complexity index is 792. The molecule has 0 radical (unpaired) electrons. The molecule has 156 valence electrons. The van der Waals surface area contributed by atoms with Gasteiger partial charge in [-0.25, -0.2) is 8.42 Å². The van der Waals surface area contributed by atoms with E-state index in [4.69, 9.17) is 11.6 Å². The summed E-state index contributed by atoms with van der Waals surface area (Å²) in [4.78, 5) is 15.2. The molecule has 2 aliphatic rings. The van der Waals surface area contributed by atoms with Crippen LogP contribution in [0.15, 0.2) is 23.1 Å². The third kappa shape index (κ3) is 5.21. The predicted octanol–water partition coefficient (Wildman–Crippen LogP) is 2.68. The second-order valence-electron chi connectivity index (χ2n) is 7.29. The van der Waals surface area contributed by atoms with Crippen molar-refractivity contribution in [1.29, 1.82) is 0 Å². The summed E-state index contributed by atoms with van der Waals surface area (Å²) in [6, 6.07) is 4.79. The molecule has 2 heterocycles. The van der Waals surface area contributed by atoms with Crippen LogP contribution >= 0.6 is 23.4 Å². The van der Waals surface area contributed by atoms with Gasteiger partial charge < -0.3 is 10.2 Å². The van der Waals surface area contributed by atoms with E-state index in [0.717, 1.165) is 31.0 Å². The van der Waals surface area contributed by atoms with E-state index in [1.165, 1.54) is 35.3 Å². The summed E-state index contributed by atoms with van der Waals surface area (Å²) >= 11 is 7.94. The number of thioether (sulfide) groups is 1. The summed E-state index contributed by atoms with van der Waals surface area (Å²) in [5.41, 5.74) is 0.211. The molecule has 0 saturated carbocycles. The summed E-state index contributed by atoms with van der Waals surface area (Å²) in [6.45, 7) is 5.94. The van der Waals surface area contributed by atoms with Gasteiger partial charge >= 0.3 is 0 Å². The molecule has 0 spiro atoms. The van der Waals surface area contributed by atoms with Crippen molar-refractivity contribution in [2.75, 3.05) is 44.2 Å².